The Labute approximate surface area is 97.0 Å². The van der Waals surface area contributed by atoms with Gasteiger partial charge in [-0.3, -0.25) is 0 Å². The van der Waals surface area contributed by atoms with Crippen molar-refractivity contribution in [1.29, 1.82) is 0 Å². The molecule has 2 N–H and O–H groups in total. The largest absolute Gasteiger partial charge is 0.392 e. The van der Waals surface area contributed by atoms with Crippen molar-refractivity contribution >= 4 is 0 Å². The summed E-state index contributed by atoms with van der Waals surface area (Å²) in [6.45, 7) is 4.51. The Morgan fingerprint density at radius 2 is 2.12 bits per heavy atom. The van der Waals surface area contributed by atoms with Crippen LogP contribution >= 0.6 is 0 Å². The Bertz CT molecular complexity index is 380. The van der Waals surface area contributed by atoms with Gasteiger partial charge >= 0.3 is 0 Å². The van der Waals surface area contributed by atoms with Crippen LogP contribution in [0.5, 0.6) is 0 Å². The van der Waals surface area contributed by atoms with Gasteiger partial charge < -0.3 is 10.2 Å². The van der Waals surface area contributed by atoms with Crippen LogP contribution in [-0.4, -0.2) is 23.4 Å². The van der Waals surface area contributed by atoms with Gasteiger partial charge in [0.15, 0.2) is 0 Å². The van der Waals surface area contributed by atoms with Crippen molar-refractivity contribution in [3.63, 3.8) is 0 Å². The number of allylic oxidation sites excluding steroid dienone is 4. The van der Waals surface area contributed by atoms with Crippen LogP contribution < -0.4 is 0 Å². The van der Waals surface area contributed by atoms with Crippen LogP contribution in [0.3, 0.4) is 0 Å². The number of aliphatic hydroxyl groups excluding tert-OH is 2. The van der Waals surface area contributed by atoms with Crippen molar-refractivity contribution in [2.75, 3.05) is 13.2 Å². The molecule has 1 atom stereocenters. The second-order valence-electron chi connectivity index (χ2n) is 4.97. The first-order chi connectivity index (χ1) is 7.63. The Balaban J connectivity index is 2.50. The highest BCUT2D eigenvalue weighted by molar-refractivity contribution is 5.47. The van der Waals surface area contributed by atoms with Crippen molar-refractivity contribution in [1.82, 2.24) is 0 Å². The average Bonchev–Trinajstić information content (AvgIpc) is 2.64. The molecule has 1 saturated carbocycles. The fourth-order valence-corrected chi connectivity index (χ4v) is 3.17. The van der Waals surface area contributed by atoms with Crippen LogP contribution in [-0.2, 0) is 0 Å². The summed E-state index contributed by atoms with van der Waals surface area (Å²) in [4.78, 5) is 0. The van der Waals surface area contributed by atoms with Crippen LogP contribution in [0.15, 0.2) is 34.4 Å². The molecule has 88 valence electrons. The smallest absolute Gasteiger partial charge is 0.0647 e. The van der Waals surface area contributed by atoms with E-state index in [9.17, 15) is 10.2 Å². The molecule has 0 aliphatic heterocycles. The third-order valence-electron chi connectivity index (χ3n) is 4.06. The maximum Gasteiger partial charge on any atom is 0.0647 e. The molecule has 0 aromatic carbocycles. The molecular formula is C14H20O2. The number of hydrogen-bond donors (Lipinski definition) is 2. The summed E-state index contributed by atoms with van der Waals surface area (Å²) in [5, 5.41) is 18.7. The van der Waals surface area contributed by atoms with E-state index in [1.54, 1.807) is 0 Å². The maximum atomic E-state index is 9.38. The predicted octanol–water partition coefficient (Wildman–Crippen LogP) is 2.34. The summed E-state index contributed by atoms with van der Waals surface area (Å²) in [5.41, 5.74) is 4.93. The number of hydrogen-bond acceptors (Lipinski definition) is 2. The van der Waals surface area contributed by atoms with E-state index in [1.807, 2.05) is 6.92 Å². The molecule has 0 saturated heterocycles. The third kappa shape index (κ3) is 1.57. The highest BCUT2D eigenvalue weighted by atomic mass is 16.3. The van der Waals surface area contributed by atoms with Crippen LogP contribution in [0.2, 0.25) is 0 Å². The second-order valence-corrected chi connectivity index (χ2v) is 4.97. The molecule has 0 bridgehead atoms. The molecule has 0 aromatic heterocycles. The van der Waals surface area contributed by atoms with Gasteiger partial charge in [0.25, 0.3) is 0 Å². The summed E-state index contributed by atoms with van der Waals surface area (Å²) in [7, 11) is 0. The fourth-order valence-electron chi connectivity index (χ4n) is 3.17. The third-order valence-corrected chi connectivity index (χ3v) is 4.06. The van der Waals surface area contributed by atoms with E-state index >= 15 is 0 Å². The fraction of sp³-hybridized carbons (Fsp3) is 0.571. The Hall–Kier alpha value is -0.860. The first-order valence-electron chi connectivity index (χ1n) is 5.93. The van der Waals surface area contributed by atoms with Gasteiger partial charge in [-0.25, -0.2) is 0 Å². The van der Waals surface area contributed by atoms with Crippen LogP contribution in [0.25, 0.3) is 0 Å². The van der Waals surface area contributed by atoms with E-state index in [-0.39, 0.29) is 18.6 Å². The molecule has 16 heavy (non-hydrogen) atoms. The first-order valence-corrected chi connectivity index (χ1v) is 5.93. The quantitative estimate of drug-likeness (QED) is 0.701. The molecule has 2 rings (SSSR count). The lowest BCUT2D eigenvalue weighted by atomic mass is 9.74. The van der Waals surface area contributed by atoms with Gasteiger partial charge in [0.05, 0.1) is 13.2 Å². The zero-order chi connectivity index (χ0) is 11.8. The highest BCUT2D eigenvalue weighted by Gasteiger charge is 2.39. The van der Waals surface area contributed by atoms with Crippen LogP contribution in [0, 0.1) is 5.41 Å². The lowest BCUT2D eigenvalue weighted by molar-refractivity contribution is 0.322. The summed E-state index contributed by atoms with van der Waals surface area (Å²) in [6.07, 6.45) is 7.32. The Morgan fingerprint density at radius 3 is 2.75 bits per heavy atom. The SMILES string of the molecule is C/C(CO)=C1/CCC2=C(CO)CC=CC21C. The van der Waals surface area contributed by atoms with E-state index in [0.717, 1.165) is 24.8 Å². The molecular weight excluding hydrogens is 200 g/mol. The van der Waals surface area contributed by atoms with Crippen molar-refractivity contribution in [2.24, 2.45) is 5.41 Å². The Morgan fingerprint density at radius 1 is 1.38 bits per heavy atom. The zero-order valence-corrected chi connectivity index (χ0v) is 10.1. The van der Waals surface area contributed by atoms with Crippen molar-refractivity contribution in [2.45, 2.75) is 33.1 Å². The van der Waals surface area contributed by atoms with Gasteiger partial charge in [-0.05, 0) is 44.3 Å². The van der Waals surface area contributed by atoms with Gasteiger partial charge in [0.2, 0.25) is 0 Å². The standard InChI is InChI=1S/C14H20O2/c1-10(8-15)12-5-6-13-11(9-16)4-3-7-14(12,13)2/h3,7,15-16H,4-6,8-9H2,1-2H3/b12-10+. The molecule has 0 aromatic rings. The van der Waals surface area contributed by atoms with Gasteiger partial charge in [-0.1, -0.05) is 23.3 Å². The summed E-state index contributed by atoms with van der Waals surface area (Å²) in [5.74, 6) is 0. The van der Waals surface area contributed by atoms with E-state index < -0.39 is 0 Å². The van der Waals surface area contributed by atoms with E-state index in [1.165, 1.54) is 16.7 Å². The minimum absolute atomic E-state index is 0.0386. The monoisotopic (exact) mass is 220 g/mol. The molecule has 1 fully saturated rings. The molecule has 0 radical (unpaired) electrons. The van der Waals surface area contributed by atoms with Gasteiger partial charge in [-0.15, -0.1) is 0 Å². The summed E-state index contributed by atoms with van der Waals surface area (Å²) >= 11 is 0. The molecule has 0 spiro atoms. The Kier molecular flexibility index (Phi) is 3.04. The molecule has 2 aliphatic rings. The zero-order valence-electron chi connectivity index (χ0n) is 10.1. The van der Waals surface area contributed by atoms with Crippen LogP contribution in [0.4, 0.5) is 0 Å². The second kappa shape index (κ2) is 4.19. The average molecular weight is 220 g/mol. The molecule has 0 heterocycles. The number of aliphatic hydroxyl groups is 2. The highest BCUT2D eigenvalue weighted by Crippen LogP contribution is 2.52. The van der Waals surface area contributed by atoms with Crippen LogP contribution in [0.1, 0.15) is 33.1 Å². The minimum atomic E-state index is -0.0386. The summed E-state index contributed by atoms with van der Waals surface area (Å²) < 4.78 is 0. The minimum Gasteiger partial charge on any atom is -0.392 e. The normalized spacial score (nSPS) is 32.0. The maximum absolute atomic E-state index is 9.38. The predicted molar refractivity (Wildman–Crippen MR) is 65.0 cm³/mol. The van der Waals surface area contributed by atoms with Gasteiger partial charge in [-0.2, -0.15) is 0 Å². The number of rotatable bonds is 2. The van der Waals surface area contributed by atoms with Crippen molar-refractivity contribution in [3.8, 4) is 0 Å². The van der Waals surface area contributed by atoms with E-state index in [2.05, 4.69) is 19.1 Å². The van der Waals surface area contributed by atoms with E-state index in [0.29, 0.717) is 0 Å². The molecule has 2 nitrogen and oxygen atoms in total. The molecule has 0 amide bonds. The molecule has 2 heteroatoms. The van der Waals surface area contributed by atoms with Crippen molar-refractivity contribution in [3.05, 3.63) is 34.4 Å². The van der Waals surface area contributed by atoms with E-state index in [4.69, 9.17) is 0 Å². The molecule has 1 unspecified atom stereocenters. The lowest BCUT2D eigenvalue weighted by Crippen LogP contribution is -2.19. The topological polar surface area (TPSA) is 40.5 Å². The van der Waals surface area contributed by atoms with Gasteiger partial charge in [0, 0.05) is 5.41 Å². The molecule has 2 aliphatic carbocycles. The number of fused-ring (bicyclic) bond motifs is 1. The van der Waals surface area contributed by atoms with Gasteiger partial charge in [0.1, 0.15) is 0 Å². The summed E-state index contributed by atoms with van der Waals surface area (Å²) in [6, 6.07) is 0. The first kappa shape index (κ1) is 11.6. The van der Waals surface area contributed by atoms with Crippen molar-refractivity contribution < 1.29 is 10.2 Å². The lowest BCUT2D eigenvalue weighted by Gasteiger charge is -2.31.